The van der Waals surface area contributed by atoms with E-state index in [1.807, 2.05) is 26.2 Å². The first-order valence-electron chi connectivity index (χ1n) is 6.47. The van der Waals surface area contributed by atoms with Crippen molar-refractivity contribution in [2.75, 3.05) is 39.3 Å². The molecular formula is C15H23N3O2. The van der Waals surface area contributed by atoms with Crippen LogP contribution in [0.2, 0.25) is 0 Å². The average Bonchev–Trinajstić information content (AvgIpc) is 2.42. The molecule has 0 aromatic heterocycles. The maximum Gasteiger partial charge on any atom is 0.248 e. The van der Waals surface area contributed by atoms with E-state index in [4.69, 9.17) is 10.5 Å². The van der Waals surface area contributed by atoms with Crippen molar-refractivity contribution in [2.45, 2.75) is 6.92 Å². The number of carbonyl (C=O) groups excluding carboxylic acids is 1. The van der Waals surface area contributed by atoms with E-state index in [2.05, 4.69) is 23.3 Å². The molecule has 0 saturated carbocycles. The van der Waals surface area contributed by atoms with Crippen LogP contribution in [-0.2, 0) is 4.79 Å². The number of nitrogens with two attached hydrogens (primary N) is 1. The predicted octanol–water partition coefficient (Wildman–Crippen LogP) is 1.54. The van der Waals surface area contributed by atoms with Gasteiger partial charge in [0, 0.05) is 29.4 Å². The quantitative estimate of drug-likeness (QED) is 0.606. The minimum atomic E-state index is -0.516. The van der Waals surface area contributed by atoms with Crippen LogP contribution in [0, 0.1) is 0 Å². The lowest BCUT2D eigenvalue weighted by atomic mass is 10.0. The molecule has 0 heterocycles. The van der Waals surface area contributed by atoms with E-state index >= 15 is 0 Å². The molecule has 0 radical (unpaired) electrons. The summed E-state index contributed by atoms with van der Waals surface area (Å²) in [5, 5.41) is 0. The van der Waals surface area contributed by atoms with Crippen LogP contribution in [0.15, 0.2) is 24.8 Å². The number of methoxy groups -OCH3 is 1. The smallest absolute Gasteiger partial charge is 0.248 e. The summed E-state index contributed by atoms with van der Waals surface area (Å²) >= 11 is 0. The first-order chi connectivity index (χ1) is 9.40. The van der Waals surface area contributed by atoms with Gasteiger partial charge in [-0.25, -0.2) is 0 Å². The molecule has 5 nitrogen and oxygen atoms in total. The van der Waals surface area contributed by atoms with E-state index in [0.29, 0.717) is 5.57 Å². The van der Waals surface area contributed by atoms with Gasteiger partial charge in [0.25, 0.3) is 0 Å². The zero-order valence-corrected chi connectivity index (χ0v) is 12.6. The van der Waals surface area contributed by atoms with Gasteiger partial charge in [-0.05, 0) is 33.2 Å². The van der Waals surface area contributed by atoms with E-state index in [-0.39, 0.29) is 0 Å². The zero-order valence-electron chi connectivity index (χ0n) is 12.6. The molecule has 0 aliphatic rings. The summed E-state index contributed by atoms with van der Waals surface area (Å²) in [4.78, 5) is 15.6. The van der Waals surface area contributed by atoms with Gasteiger partial charge in [-0.3, -0.25) is 9.69 Å². The summed E-state index contributed by atoms with van der Waals surface area (Å²) in [6.45, 7) is 7.36. The van der Waals surface area contributed by atoms with Gasteiger partial charge in [0.1, 0.15) is 5.75 Å². The molecule has 1 rings (SSSR count). The summed E-state index contributed by atoms with van der Waals surface area (Å²) < 4.78 is 5.26. The Hall–Kier alpha value is -2.01. The van der Waals surface area contributed by atoms with Crippen LogP contribution in [0.25, 0.3) is 5.57 Å². The number of rotatable bonds is 7. The van der Waals surface area contributed by atoms with Crippen molar-refractivity contribution in [3.8, 4) is 5.75 Å². The molecule has 0 aliphatic carbocycles. The Morgan fingerprint density at radius 3 is 2.50 bits per heavy atom. The zero-order chi connectivity index (χ0) is 15.3. The highest BCUT2D eigenvalue weighted by molar-refractivity contribution is 6.19. The third kappa shape index (κ3) is 3.74. The van der Waals surface area contributed by atoms with Gasteiger partial charge in [-0.2, -0.15) is 0 Å². The molecule has 110 valence electrons. The Labute approximate surface area is 120 Å². The number of primary amides is 1. The van der Waals surface area contributed by atoms with Crippen LogP contribution < -0.4 is 15.4 Å². The van der Waals surface area contributed by atoms with Gasteiger partial charge >= 0.3 is 0 Å². The second-order valence-corrected chi connectivity index (χ2v) is 4.80. The number of benzene rings is 1. The molecule has 2 N–H and O–H groups in total. The molecular weight excluding hydrogens is 254 g/mol. The Balaban J connectivity index is 3.30. The second kappa shape index (κ2) is 6.96. The highest BCUT2D eigenvalue weighted by Gasteiger charge is 2.16. The number of nitrogens with zero attached hydrogens (tertiary/aromatic N) is 2. The average molecular weight is 277 g/mol. The highest BCUT2D eigenvalue weighted by atomic mass is 16.5. The second-order valence-electron chi connectivity index (χ2n) is 4.80. The first kappa shape index (κ1) is 16.0. The van der Waals surface area contributed by atoms with Gasteiger partial charge < -0.3 is 15.4 Å². The molecule has 0 spiro atoms. The fourth-order valence-electron chi connectivity index (χ4n) is 1.98. The molecule has 0 saturated heterocycles. The van der Waals surface area contributed by atoms with Gasteiger partial charge in [0.15, 0.2) is 0 Å². The molecule has 0 fully saturated rings. The number of hydrogen-bond acceptors (Lipinski definition) is 4. The fraction of sp³-hybridized carbons (Fsp3) is 0.400. The van der Waals surface area contributed by atoms with Crippen molar-refractivity contribution >= 4 is 17.2 Å². The fourth-order valence-corrected chi connectivity index (χ4v) is 1.98. The van der Waals surface area contributed by atoms with Crippen LogP contribution in [0.1, 0.15) is 12.5 Å². The molecule has 1 aromatic carbocycles. The standard InChI is InChI=1S/C15H23N3O2/c1-6-18(10-17(3)4)14-9-12(20-5)7-8-13(14)11(2)15(16)19/h7-9H,2,6,10H2,1,3-5H3,(H2,16,19). The molecule has 0 atom stereocenters. The van der Waals surface area contributed by atoms with Crippen molar-refractivity contribution in [1.29, 1.82) is 0 Å². The van der Waals surface area contributed by atoms with Crippen LogP contribution in [0.4, 0.5) is 5.69 Å². The van der Waals surface area contributed by atoms with Crippen molar-refractivity contribution in [3.63, 3.8) is 0 Å². The third-order valence-corrected chi connectivity index (χ3v) is 3.00. The Bertz CT molecular complexity index is 498. The lowest BCUT2D eigenvalue weighted by Gasteiger charge is -2.29. The Morgan fingerprint density at radius 2 is 2.05 bits per heavy atom. The van der Waals surface area contributed by atoms with Crippen molar-refractivity contribution in [3.05, 3.63) is 30.3 Å². The maximum atomic E-state index is 11.4. The van der Waals surface area contributed by atoms with Crippen molar-refractivity contribution in [1.82, 2.24) is 4.90 Å². The van der Waals surface area contributed by atoms with Crippen LogP contribution in [0.5, 0.6) is 5.75 Å². The summed E-state index contributed by atoms with van der Waals surface area (Å²) in [5.74, 6) is 0.218. The number of ether oxygens (including phenoxy) is 1. The minimum Gasteiger partial charge on any atom is -0.497 e. The summed E-state index contributed by atoms with van der Waals surface area (Å²) in [6.07, 6.45) is 0. The van der Waals surface area contributed by atoms with Gasteiger partial charge in [0.05, 0.1) is 13.8 Å². The van der Waals surface area contributed by atoms with E-state index < -0.39 is 5.91 Å². The van der Waals surface area contributed by atoms with Crippen molar-refractivity contribution < 1.29 is 9.53 Å². The highest BCUT2D eigenvalue weighted by Crippen LogP contribution is 2.30. The summed E-state index contributed by atoms with van der Waals surface area (Å²) in [7, 11) is 5.60. The number of anilines is 1. The molecule has 1 aromatic rings. The Morgan fingerprint density at radius 1 is 1.40 bits per heavy atom. The Kier molecular flexibility index (Phi) is 5.58. The molecule has 5 heteroatoms. The predicted molar refractivity (Wildman–Crippen MR) is 82.8 cm³/mol. The van der Waals surface area contributed by atoms with E-state index in [1.165, 1.54) is 0 Å². The lowest BCUT2D eigenvalue weighted by molar-refractivity contribution is -0.112. The van der Waals surface area contributed by atoms with Crippen LogP contribution in [0.3, 0.4) is 0 Å². The third-order valence-electron chi connectivity index (χ3n) is 3.00. The molecule has 0 unspecified atom stereocenters. The molecule has 0 bridgehead atoms. The van der Waals surface area contributed by atoms with Gasteiger partial charge in [-0.1, -0.05) is 6.58 Å². The monoisotopic (exact) mass is 277 g/mol. The van der Waals surface area contributed by atoms with Gasteiger partial charge in [-0.15, -0.1) is 0 Å². The topological polar surface area (TPSA) is 58.8 Å². The molecule has 1 amide bonds. The largest absolute Gasteiger partial charge is 0.497 e. The first-order valence-corrected chi connectivity index (χ1v) is 6.47. The van der Waals surface area contributed by atoms with E-state index in [1.54, 1.807) is 13.2 Å². The van der Waals surface area contributed by atoms with E-state index in [0.717, 1.165) is 30.2 Å². The summed E-state index contributed by atoms with van der Waals surface area (Å²) in [5.41, 5.74) is 7.29. The molecule has 20 heavy (non-hydrogen) atoms. The lowest BCUT2D eigenvalue weighted by Crippen LogP contribution is -2.34. The SMILES string of the molecule is C=C(C(N)=O)c1ccc(OC)cc1N(CC)CN(C)C. The van der Waals surface area contributed by atoms with Crippen molar-refractivity contribution in [2.24, 2.45) is 5.73 Å². The van der Waals surface area contributed by atoms with E-state index in [9.17, 15) is 4.79 Å². The molecule has 0 aliphatic heterocycles. The number of carbonyl (C=O) groups is 1. The van der Waals surface area contributed by atoms with Crippen LogP contribution in [-0.4, -0.2) is 45.2 Å². The normalized spacial score (nSPS) is 10.4. The summed E-state index contributed by atoms with van der Waals surface area (Å²) in [6, 6.07) is 5.52. The number of hydrogen-bond donors (Lipinski definition) is 1. The van der Waals surface area contributed by atoms with Gasteiger partial charge in [0.2, 0.25) is 5.91 Å². The van der Waals surface area contributed by atoms with Crippen LogP contribution >= 0.6 is 0 Å². The number of amides is 1. The maximum absolute atomic E-state index is 11.4. The minimum absolute atomic E-state index is 0.305.